The van der Waals surface area contributed by atoms with Crippen LogP contribution in [-0.2, 0) is 0 Å². The SMILES string of the molecule is C1=CC(C2NN2)=CCC1. The van der Waals surface area contributed by atoms with E-state index < -0.39 is 0 Å². The van der Waals surface area contributed by atoms with Crippen molar-refractivity contribution in [1.82, 2.24) is 10.9 Å². The summed E-state index contributed by atoms with van der Waals surface area (Å²) in [6.45, 7) is 0. The van der Waals surface area contributed by atoms with E-state index in [0.717, 1.165) is 0 Å². The highest BCUT2D eigenvalue weighted by molar-refractivity contribution is 5.29. The Bertz CT molecular complexity index is 166. The van der Waals surface area contributed by atoms with Gasteiger partial charge in [0.1, 0.15) is 6.17 Å². The molecule has 0 saturated carbocycles. The zero-order valence-corrected chi connectivity index (χ0v) is 5.22. The molecule has 1 fully saturated rings. The number of hydrogen-bond donors (Lipinski definition) is 2. The molecule has 0 aromatic heterocycles. The summed E-state index contributed by atoms with van der Waals surface area (Å²) in [5.74, 6) is 0. The zero-order valence-electron chi connectivity index (χ0n) is 5.22. The van der Waals surface area contributed by atoms with Crippen molar-refractivity contribution in [3.63, 3.8) is 0 Å². The van der Waals surface area contributed by atoms with Gasteiger partial charge < -0.3 is 0 Å². The summed E-state index contributed by atoms with van der Waals surface area (Å²) < 4.78 is 0. The van der Waals surface area contributed by atoms with E-state index >= 15 is 0 Å². The molecule has 0 unspecified atom stereocenters. The second-order valence-corrected chi connectivity index (χ2v) is 2.41. The van der Waals surface area contributed by atoms with Crippen molar-refractivity contribution in [2.45, 2.75) is 19.0 Å². The van der Waals surface area contributed by atoms with Crippen LogP contribution in [0.5, 0.6) is 0 Å². The van der Waals surface area contributed by atoms with Crippen LogP contribution in [0.1, 0.15) is 12.8 Å². The van der Waals surface area contributed by atoms with Gasteiger partial charge in [0.2, 0.25) is 0 Å². The molecule has 2 aliphatic rings. The molecule has 1 aliphatic carbocycles. The lowest BCUT2D eigenvalue weighted by molar-refractivity contribution is 0.981. The lowest BCUT2D eigenvalue weighted by Crippen LogP contribution is -1.97. The molecule has 0 bridgehead atoms. The molecule has 2 rings (SSSR count). The predicted octanol–water partition coefficient (Wildman–Crippen LogP) is 0.697. The first-order valence-electron chi connectivity index (χ1n) is 3.34. The molecule has 48 valence electrons. The predicted molar refractivity (Wildman–Crippen MR) is 36.5 cm³/mol. The first-order chi connectivity index (χ1) is 4.47. The van der Waals surface area contributed by atoms with E-state index in [1.165, 1.54) is 18.4 Å². The molecule has 1 aliphatic heterocycles. The average molecular weight is 122 g/mol. The quantitative estimate of drug-likeness (QED) is 0.503. The summed E-state index contributed by atoms with van der Waals surface area (Å²) in [5.41, 5.74) is 7.46. The van der Waals surface area contributed by atoms with Crippen LogP contribution in [0.3, 0.4) is 0 Å². The Labute approximate surface area is 54.6 Å². The van der Waals surface area contributed by atoms with Crippen LogP contribution in [-0.4, -0.2) is 6.17 Å². The van der Waals surface area contributed by atoms with E-state index in [1.54, 1.807) is 0 Å². The monoisotopic (exact) mass is 122 g/mol. The third-order valence-electron chi connectivity index (χ3n) is 1.65. The minimum absolute atomic E-state index is 0.460. The fraction of sp³-hybridized carbons (Fsp3) is 0.429. The lowest BCUT2D eigenvalue weighted by atomic mass is 10.1. The van der Waals surface area contributed by atoms with Crippen molar-refractivity contribution in [1.29, 1.82) is 0 Å². The second-order valence-electron chi connectivity index (χ2n) is 2.41. The highest BCUT2D eigenvalue weighted by Gasteiger charge is 2.22. The van der Waals surface area contributed by atoms with Crippen molar-refractivity contribution in [2.75, 3.05) is 0 Å². The van der Waals surface area contributed by atoms with Gasteiger partial charge in [-0.3, -0.25) is 0 Å². The normalized spacial score (nSPS) is 26.0. The highest BCUT2D eigenvalue weighted by Crippen LogP contribution is 2.14. The van der Waals surface area contributed by atoms with Crippen molar-refractivity contribution in [2.24, 2.45) is 0 Å². The van der Waals surface area contributed by atoms with Gasteiger partial charge in [0.05, 0.1) is 0 Å². The standard InChI is InChI=1S/C7H10N2/c1-2-4-6(5-3-1)7-8-9-7/h2,4-5,7-9H,1,3H2. The second kappa shape index (κ2) is 1.97. The fourth-order valence-electron chi connectivity index (χ4n) is 1.06. The molecule has 0 amide bonds. The van der Waals surface area contributed by atoms with Gasteiger partial charge in [-0.05, 0) is 18.4 Å². The minimum Gasteiger partial charge on any atom is -0.234 e. The van der Waals surface area contributed by atoms with Gasteiger partial charge in [-0.2, -0.15) is 0 Å². The summed E-state index contributed by atoms with van der Waals surface area (Å²) in [7, 11) is 0. The largest absolute Gasteiger partial charge is 0.234 e. The Balaban J connectivity index is 2.08. The molecule has 2 N–H and O–H groups in total. The Hall–Kier alpha value is -0.600. The van der Waals surface area contributed by atoms with Crippen LogP contribution in [0.15, 0.2) is 23.8 Å². The molecule has 0 aromatic carbocycles. The van der Waals surface area contributed by atoms with Gasteiger partial charge in [-0.25, -0.2) is 10.9 Å². The summed E-state index contributed by atoms with van der Waals surface area (Å²) in [6, 6.07) is 0. The third-order valence-corrected chi connectivity index (χ3v) is 1.65. The summed E-state index contributed by atoms with van der Waals surface area (Å²) in [5, 5.41) is 0. The molecule has 9 heavy (non-hydrogen) atoms. The maximum Gasteiger partial charge on any atom is 0.108 e. The molecule has 2 heteroatoms. The van der Waals surface area contributed by atoms with Crippen LogP contribution in [0.25, 0.3) is 0 Å². The van der Waals surface area contributed by atoms with Crippen LogP contribution in [0.4, 0.5) is 0 Å². The Morgan fingerprint density at radius 3 is 2.78 bits per heavy atom. The molecule has 1 saturated heterocycles. The van der Waals surface area contributed by atoms with E-state index in [1.807, 2.05) is 0 Å². The van der Waals surface area contributed by atoms with Gasteiger partial charge in [0, 0.05) is 0 Å². The van der Waals surface area contributed by atoms with Gasteiger partial charge >= 0.3 is 0 Å². The van der Waals surface area contributed by atoms with E-state index in [9.17, 15) is 0 Å². The maximum absolute atomic E-state index is 3.03. The van der Waals surface area contributed by atoms with Crippen molar-refractivity contribution < 1.29 is 0 Å². The van der Waals surface area contributed by atoms with Gasteiger partial charge in [0.15, 0.2) is 0 Å². The smallest absolute Gasteiger partial charge is 0.108 e. The van der Waals surface area contributed by atoms with Crippen molar-refractivity contribution in [3.05, 3.63) is 23.8 Å². The molecule has 0 aromatic rings. The van der Waals surface area contributed by atoms with Gasteiger partial charge in [0.25, 0.3) is 0 Å². The highest BCUT2D eigenvalue weighted by atomic mass is 15.6. The molecule has 1 heterocycles. The topological polar surface area (TPSA) is 43.9 Å². The molecule has 0 spiro atoms. The Morgan fingerprint density at radius 1 is 1.33 bits per heavy atom. The number of hydrogen-bond acceptors (Lipinski definition) is 2. The molecule has 0 radical (unpaired) electrons. The Kier molecular flexibility index (Phi) is 1.14. The number of rotatable bonds is 1. The van der Waals surface area contributed by atoms with E-state index in [2.05, 4.69) is 29.1 Å². The Morgan fingerprint density at radius 2 is 2.22 bits per heavy atom. The molecule has 2 nitrogen and oxygen atoms in total. The molecular weight excluding hydrogens is 112 g/mol. The van der Waals surface area contributed by atoms with Crippen molar-refractivity contribution in [3.8, 4) is 0 Å². The number of allylic oxidation sites excluding steroid dienone is 2. The van der Waals surface area contributed by atoms with E-state index in [-0.39, 0.29) is 0 Å². The van der Waals surface area contributed by atoms with E-state index in [0.29, 0.717) is 6.17 Å². The van der Waals surface area contributed by atoms with Gasteiger partial charge in [-0.15, -0.1) is 0 Å². The summed E-state index contributed by atoms with van der Waals surface area (Å²) in [6.07, 6.45) is 9.54. The van der Waals surface area contributed by atoms with Crippen LogP contribution < -0.4 is 10.9 Å². The fourth-order valence-corrected chi connectivity index (χ4v) is 1.06. The maximum atomic E-state index is 3.03. The van der Waals surface area contributed by atoms with Crippen molar-refractivity contribution >= 4 is 0 Å². The molecule has 0 atom stereocenters. The number of hydrazine groups is 1. The van der Waals surface area contributed by atoms with Crippen LogP contribution >= 0.6 is 0 Å². The minimum atomic E-state index is 0.460. The molecular formula is C7H10N2. The first-order valence-corrected chi connectivity index (χ1v) is 3.34. The summed E-state index contributed by atoms with van der Waals surface area (Å²) >= 11 is 0. The lowest BCUT2D eigenvalue weighted by Gasteiger charge is -2.00. The zero-order chi connectivity index (χ0) is 6.10. The van der Waals surface area contributed by atoms with Gasteiger partial charge in [-0.1, -0.05) is 18.2 Å². The van der Waals surface area contributed by atoms with Crippen LogP contribution in [0, 0.1) is 0 Å². The third kappa shape index (κ3) is 1.04. The van der Waals surface area contributed by atoms with E-state index in [4.69, 9.17) is 0 Å². The first kappa shape index (κ1) is 5.21. The number of nitrogens with one attached hydrogen (secondary N) is 2. The average Bonchev–Trinajstić information content (AvgIpc) is 2.71. The summed E-state index contributed by atoms with van der Waals surface area (Å²) in [4.78, 5) is 0. The van der Waals surface area contributed by atoms with Crippen LogP contribution in [0.2, 0.25) is 0 Å².